The number of aldehydes is 1. The third-order valence-corrected chi connectivity index (χ3v) is 9.90. The van der Waals surface area contributed by atoms with Gasteiger partial charge in [0.05, 0.1) is 14.7 Å². The summed E-state index contributed by atoms with van der Waals surface area (Å²) in [6, 6.07) is 8.60. The van der Waals surface area contributed by atoms with Gasteiger partial charge in [0.2, 0.25) is 0 Å². The summed E-state index contributed by atoms with van der Waals surface area (Å²) in [5.74, 6) is 0.792. The van der Waals surface area contributed by atoms with Gasteiger partial charge in [0.25, 0.3) is 0 Å². The summed E-state index contributed by atoms with van der Waals surface area (Å²) in [6.07, 6.45) is 1.93. The van der Waals surface area contributed by atoms with Crippen molar-refractivity contribution < 1.29 is 9.53 Å². The maximum absolute atomic E-state index is 10.7. The van der Waals surface area contributed by atoms with Crippen LogP contribution >= 0.6 is 0 Å². The normalized spacial score (nSPS) is 12.3. The molecule has 0 spiro atoms. The van der Waals surface area contributed by atoms with E-state index in [2.05, 4.69) is 33.9 Å². The number of ether oxygens (including phenoxy) is 1. The van der Waals surface area contributed by atoms with Gasteiger partial charge in [0, 0.05) is 5.56 Å². The van der Waals surface area contributed by atoms with Crippen LogP contribution in [0.5, 0.6) is 5.75 Å². The van der Waals surface area contributed by atoms with Crippen LogP contribution in [0, 0.1) is 0 Å². The molecular weight excluding hydrogens is 252 g/mol. The van der Waals surface area contributed by atoms with Gasteiger partial charge in [-0.15, -0.1) is 0 Å². The van der Waals surface area contributed by atoms with Gasteiger partial charge in [0.15, 0.2) is 0 Å². The van der Waals surface area contributed by atoms with Crippen molar-refractivity contribution in [3.8, 4) is 5.75 Å². The summed E-state index contributed by atoms with van der Waals surface area (Å²) in [5.41, 5.74) is 0.668. The first kappa shape index (κ1) is 16.0. The maximum Gasteiger partial charge on any atom is 0.150 e. The van der Waals surface area contributed by atoms with E-state index in [1.807, 2.05) is 12.1 Å². The predicted molar refractivity (Wildman–Crippen MR) is 83.9 cm³/mol. The molecule has 0 radical (unpaired) electrons. The second kappa shape index (κ2) is 6.37. The molecule has 1 rings (SSSR count). The molecule has 1 aromatic carbocycles. The van der Waals surface area contributed by atoms with Gasteiger partial charge in [-0.2, -0.15) is 0 Å². The molecule has 0 fully saturated rings. The van der Waals surface area contributed by atoms with Gasteiger partial charge >= 0.3 is 0 Å². The quantitative estimate of drug-likeness (QED) is 0.425. The third-order valence-electron chi connectivity index (χ3n) is 4.24. The lowest BCUT2D eigenvalue weighted by Gasteiger charge is -2.37. The molecule has 0 aromatic heterocycles. The Hall–Kier alpha value is -1.09. The fraction of sp³-hybridized carbons (Fsp3) is 0.562. The van der Waals surface area contributed by atoms with E-state index in [-0.39, 0.29) is 0 Å². The smallest absolute Gasteiger partial charge is 0.150 e. The summed E-state index contributed by atoms with van der Waals surface area (Å²) >= 11 is 0. The Morgan fingerprint density at radius 3 is 2.53 bits per heavy atom. The lowest BCUT2D eigenvalue weighted by molar-refractivity contribution is 0.112. The lowest BCUT2D eigenvalue weighted by atomic mass is 10.2. The van der Waals surface area contributed by atoms with E-state index in [0.717, 1.165) is 25.1 Å². The first-order valence-electron chi connectivity index (χ1n) is 6.94. The lowest BCUT2D eigenvalue weighted by Crippen LogP contribution is -2.37. The van der Waals surface area contributed by atoms with Crippen LogP contribution in [-0.4, -0.2) is 21.0 Å². The summed E-state index contributed by atoms with van der Waals surface area (Å²) < 4.78 is 5.72. The van der Waals surface area contributed by atoms with Crippen LogP contribution in [0.15, 0.2) is 24.3 Å². The highest BCUT2D eigenvalue weighted by Gasteiger charge is 2.34. The zero-order valence-electron chi connectivity index (χ0n) is 12.8. The molecule has 0 heterocycles. The number of carbonyl (C=O) groups is 1. The van der Waals surface area contributed by atoms with Crippen LogP contribution in [0.4, 0.5) is 0 Å². The summed E-state index contributed by atoms with van der Waals surface area (Å²) in [6.45, 7) is 12.6. The molecule has 1 aromatic rings. The van der Waals surface area contributed by atoms with Crippen molar-refractivity contribution in [3.63, 3.8) is 0 Å². The summed E-state index contributed by atoms with van der Waals surface area (Å²) in [5, 5.41) is 0.435. The van der Waals surface area contributed by atoms with E-state index in [0.29, 0.717) is 10.6 Å². The summed E-state index contributed by atoms with van der Waals surface area (Å²) in [7, 11) is -1.20. The third kappa shape index (κ3) is 4.82. The molecule has 0 aliphatic carbocycles. The fourth-order valence-corrected chi connectivity index (χ4v) is 3.53. The van der Waals surface area contributed by atoms with Crippen LogP contribution in [0.1, 0.15) is 37.6 Å². The van der Waals surface area contributed by atoms with Crippen molar-refractivity contribution in [3.05, 3.63) is 29.8 Å². The molecule has 0 saturated carbocycles. The molecular formula is C16H26O2Si. The van der Waals surface area contributed by atoms with Gasteiger partial charge in [-0.1, -0.05) is 52.0 Å². The monoisotopic (exact) mass is 278 g/mol. The second-order valence-corrected chi connectivity index (χ2v) is 12.5. The number of hydrogen-bond acceptors (Lipinski definition) is 2. The Balaban J connectivity index is 2.41. The highest BCUT2D eigenvalue weighted by atomic mass is 28.3. The number of hydrogen-bond donors (Lipinski definition) is 0. The summed E-state index contributed by atoms with van der Waals surface area (Å²) in [4.78, 5) is 10.7. The Morgan fingerprint density at radius 2 is 1.95 bits per heavy atom. The number of benzene rings is 1. The van der Waals surface area contributed by atoms with Gasteiger partial charge in [-0.05, 0) is 23.6 Å². The van der Waals surface area contributed by atoms with E-state index in [4.69, 9.17) is 4.74 Å². The Morgan fingerprint density at radius 1 is 1.26 bits per heavy atom. The average molecular weight is 278 g/mol. The van der Waals surface area contributed by atoms with Crippen LogP contribution in [-0.2, 0) is 0 Å². The molecule has 0 atom stereocenters. The zero-order valence-corrected chi connectivity index (χ0v) is 13.8. The van der Waals surface area contributed by atoms with E-state index in [1.165, 1.54) is 6.04 Å². The zero-order chi connectivity index (χ0) is 14.5. The van der Waals surface area contributed by atoms with E-state index >= 15 is 0 Å². The molecule has 0 saturated heterocycles. The van der Waals surface area contributed by atoms with Crippen molar-refractivity contribution in [2.24, 2.45) is 0 Å². The minimum atomic E-state index is -1.20. The molecule has 0 bridgehead atoms. The SMILES string of the molecule is CC(C)(C)[Si](C)(C)CCCOc1cccc(C=O)c1. The van der Waals surface area contributed by atoms with Crippen LogP contribution in [0.25, 0.3) is 0 Å². The molecule has 0 aliphatic rings. The molecule has 0 amide bonds. The predicted octanol–water partition coefficient (Wildman–Crippen LogP) is 4.78. The minimum absolute atomic E-state index is 0.435. The number of rotatable bonds is 6. The Bertz CT molecular complexity index is 419. The average Bonchev–Trinajstić information content (AvgIpc) is 2.33. The van der Waals surface area contributed by atoms with Gasteiger partial charge in [-0.3, -0.25) is 4.79 Å². The van der Waals surface area contributed by atoms with Gasteiger partial charge in [-0.25, -0.2) is 0 Å². The van der Waals surface area contributed by atoms with Crippen LogP contribution in [0.2, 0.25) is 24.2 Å². The van der Waals surface area contributed by atoms with Crippen LogP contribution in [0.3, 0.4) is 0 Å². The first-order valence-corrected chi connectivity index (χ1v) is 10.1. The molecule has 0 unspecified atom stereocenters. The second-order valence-electron chi connectivity index (χ2n) is 6.78. The van der Waals surface area contributed by atoms with E-state index in [9.17, 15) is 4.79 Å². The Kier molecular flexibility index (Phi) is 5.35. The molecule has 106 valence electrons. The van der Waals surface area contributed by atoms with Crippen molar-refractivity contribution in [2.45, 2.75) is 51.4 Å². The number of carbonyl (C=O) groups excluding carboxylic acids is 1. The topological polar surface area (TPSA) is 26.3 Å². The fourth-order valence-electron chi connectivity index (χ4n) is 1.76. The minimum Gasteiger partial charge on any atom is -0.494 e. The molecule has 0 aliphatic heterocycles. The molecule has 3 heteroatoms. The van der Waals surface area contributed by atoms with Gasteiger partial charge < -0.3 is 4.74 Å². The van der Waals surface area contributed by atoms with E-state index in [1.54, 1.807) is 12.1 Å². The largest absolute Gasteiger partial charge is 0.494 e. The molecule has 0 N–H and O–H groups in total. The van der Waals surface area contributed by atoms with Crippen molar-refractivity contribution in [1.82, 2.24) is 0 Å². The van der Waals surface area contributed by atoms with Crippen molar-refractivity contribution in [1.29, 1.82) is 0 Å². The van der Waals surface area contributed by atoms with Crippen LogP contribution < -0.4 is 4.74 Å². The maximum atomic E-state index is 10.7. The molecule has 2 nitrogen and oxygen atoms in total. The van der Waals surface area contributed by atoms with Crippen molar-refractivity contribution in [2.75, 3.05) is 6.61 Å². The standard InChI is InChI=1S/C16H26O2Si/c1-16(2,3)19(4,5)11-7-10-18-15-9-6-8-14(12-15)13-17/h6,8-9,12-13H,7,10-11H2,1-5H3. The van der Waals surface area contributed by atoms with Crippen molar-refractivity contribution >= 4 is 14.4 Å². The van der Waals surface area contributed by atoms with E-state index < -0.39 is 8.07 Å². The van der Waals surface area contributed by atoms with Gasteiger partial charge in [0.1, 0.15) is 12.0 Å². The Labute approximate surface area is 118 Å². The highest BCUT2D eigenvalue weighted by Crippen LogP contribution is 2.39. The molecule has 19 heavy (non-hydrogen) atoms. The highest BCUT2D eigenvalue weighted by molar-refractivity contribution is 6.80. The first-order chi connectivity index (χ1) is 8.76.